The third kappa shape index (κ3) is 3.77. The number of nitrogens with two attached hydrogens (primary N) is 1. The van der Waals surface area contributed by atoms with Crippen LogP contribution in [0.1, 0.15) is 13.3 Å². The van der Waals surface area contributed by atoms with Gasteiger partial charge in [-0.15, -0.1) is 0 Å². The van der Waals surface area contributed by atoms with Gasteiger partial charge in [0.2, 0.25) is 0 Å². The summed E-state index contributed by atoms with van der Waals surface area (Å²) >= 11 is 0. The summed E-state index contributed by atoms with van der Waals surface area (Å²) < 4.78 is 34.2. The van der Waals surface area contributed by atoms with Gasteiger partial charge in [-0.25, -0.2) is 0 Å². The summed E-state index contributed by atoms with van der Waals surface area (Å²) in [6.45, 7) is 3.69. The maximum atomic E-state index is 13.1. The minimum atomic E-state index is -3.64. The second-order valence-corrected chi connectivity index (χ2v) is 9.30. The van der Waals surface area contributed by atoms with Crippen LogP contribution in [-0.4, -0.2) is 91.1 Å². The SMILES string of the molecule is C[C@H]1C2NCCN(S(=O)(=O)N3C[C@H](C(CCB(O)O)OC=O)[C@@H](N)C3)C21. The Morgan fingerprint density at radius 1 is 1.42 bits per heavy atom. The quantitative estimate of drug-likeness (QED) is 0.257. The molecule has 2 saturated heterocycles. The van der Waals surface area contributed by atoms with Gasteiger partial charge in [0.15, 0.2) is 0 Å². The summed E-state index contributed by atoms with van der Waals surface area (Å²) in [4.78, 5) is 10.8. The van der Waals surface area contributed by atoms with Crippen molar-refractivity contribution in [3.63, 3.8) is 0 Å². The fourth-order valence-corrected chi connectivity index (χ4v) is 6.23. The van der Waals surface area contributed by atoms with Crippen LogP contribution in [0, 0.1) is 11.8 Å². The average Bonchev–Trinajstić information content (AvgIpc) is 3.07. The highest BCUT2D eigenvalue weighted by atomic mass is 32.2. The molecule has 1 aliphatic carbocycles. The number of ether oxygens (including phenoxy) is 1. The van der Waals surface area contributed by atoms with Crippen LogP contribution in [0.3, 0.4) is 0 Å². The van der Waals surface area contributed by atoms with Gasteiger partial charge in [-0.3, -0.25) is 4.79 Å². The van der Waals surface area contributed by atoms with E-state index in [1.165, 1.54) is 4.31 Å². The Bertz CT molecular complexity index is 623. The predicted molar refractivity (Wildman–Crippen MR) is 94.0 cm³/mol. The van der Waals surface area contributed by atoms with E-state index in [0.717, 1.165) is 0 Å². The van der Waals surface area contributed by atoms with Gasteiger partial charge in [-0.1, -0.05) is 6.92 Å². The fraction of sp³-hybridized carbons (Fsp3) is 0.929. The number of carbonyl (C=O) groups is 1. The molecule has 12 heteroatoms. The van der Waals surface area contributed by atoms with Crippen LogP contribution in [-0.2, 0) is 19.7 Å². The number of nitrogens with zero attached hydrogens (tertiary/aromatic N) is 2. The molecule has 0 amide bonds. The molecule has 3 unspecified atom stereocenters. The van der Waals surface area contributed by atoms with Gasteiger partial charge >= 0.3 is 7.12 Å². The van der Waals surface area contributed by atoms with Crippen molar-refractivity contribution in [3.8, 4) is 0 Å². The summed E-state index contributed by atoms with van der Waals surface area (Å²) in [5.41, 5.74) is 6.15. The van der Waals surface area contributed by atoms with Gasteiger partial charge in [0, 0.05) is 50.2 Å². The van der Waals surface area contributed by atoms with Gasteiger partial charge in [0.25, 0.3) is 16.7 Å². The first-order chi connectivity index (χ1) is 12.3. The lowest BCUT2D eigenvalue weighted by atomic mass is 9.80. The number of rotatable bonds is 8. The summed E-state index contributed by atoms with van der Waals surface area (Å²) in [6.07, 6.45) is -0.425. The van der Waals surface area contributed by atoms with Crippen molar-refractivity contribution >= 4 is 23.8 Å². The second-order valence-electron chi connectivity index (χ2n) is 7.42. The number of nitrogens with one attached hydrogen (secondary N) is 1. The van der Waals surface area contributed by atoms with Crippen molar-refractivity contribution in [2.24, 2.45) is 17.6 Å². The first-order valence-corrected chi connectivity index (χ1v) is 10.4. The molecule has 2 aliphatic heterocycles. The van der Waals surface area contributed by atoms with Gasteiger partial charge in [-0.2, -0.15) is 17.0 Å². The van der Waals surface area contributed by atoms with E-state index in [0.29, 0.717) is 19.6 Å². The third-order valence-electron chi connectivity index (χ3n) is 5.80. The molecule has 3 rings (SSSR count). The van der Waals surface area contributed by atoms with Crippen LogP contribution in [0.5, 0.6) is 0 Å². The second kappa shape index (κ2) is 7.70. The topological polar surface area (TPSA) is 145 Å². The molecule has 0 bridgehead atoms. The highest BCUT2D eigenvalue weighted by Crippen LogP contribution is 2.40. The molecule has 148 valence electrons. The number of hydrogen-bond donors (Lipinski definition) is 4. The van der Waals surface area contributed by atoms with Crippen LogP contribution >= 0.6 is 0 Å². The van der Waals surface area contributed by atoms with E-state index in [4.69, 9.17) is 20.5 Å². The van der Waals surface area contributed by atoms with Gasteiger partial charge < -0.3 is 25.8 Å². The Kier molecular flexibility index (Phi) is 5.92. The first kappa shape index (κ1) is 20.0. The maximum absolute atomic E-state index is 13.1. The number of fused-ring (bicyclic) bond motifs is 1. The van der Waals surface area contributed by atoms with Crippen LogP contribution in [0.15, 0.2) is 0 Å². The third-order valence-corrected chi connectivity index (χ3v) is 7.77. The highest BCUT2D eigenvalue weighted by Gasteiger charge is 2.57. The van der Waals surface area contributed by atoms with E-state index < -0.39 is 29.5 Å². The Labute approximate surface area is 154 Å². The molecule has 0 aromatic rings. The van der Waals surface area contributed by atoms with Crippen LogP contribution in [0.2, 0.25) is 6.32 Å². The van der Waals surface area contributed by atoms with Crippen LogP contribution in [0.4, 0.5) is 0 Å². The minimum absolute atomic E-state index is 0.0180. The Morgan fingerprint density at radius 3 is 2.81 bits per heavy atom. The van der Waals surface area contributed by atoms with E-state index in [1.807, 2.05) is 6.92 Å². The van der Waals surface area contributed by atoms with Crippen molar-refractivity contribution in [3.05, 3.63) is 0 Å². The Morgan fingerprint density at radius 2 is 2.15 bits per heavy atom. The molecule has 0 aromatic heterocycles. The van der Waals surface area contributed by atoms with E-state index >= 15 is 0 Å². The molecule has 5 N–H and O–H groups in total. The molecular formula is C14H27BN4O6S. The molecule has 6 atom stereocenters. The van der Waals surface area contributed by atoms with Crippen LogP contribution in [0.25, 0.3) is 0 Å². The monoisotopic (exact) mass is 390 g/mol. The van der Waals surface area contributed by atoms with E-state index in [-0.39, 0.29) is 49.8 Å². The van der Waals surface area contributed by atoms with Gasteiger partial charge in [0.1, 0.15) is 6.10 Å². The summed E-state index contributed by atoms with van der Waals surface area (Å²) in [7, 11) is -5.16. The van der Waals surface area contributed by atoms with E-state index in [9.17, 15) is 13.2 Å². The van der Waals surface area contributed by atoms with E-state index in [1.54, 1.807) is 4.31 Å². The van der Waals surface area contributed by atoms with Crippen molar-refractivity contribution in [2.45, 2.75) is 43.9 Å². The number of hydrogen-bond acceptors (Lipinski definition) is 8. The molecule has 0 radical (unpaired) electrons. The number of piperazine rings is 1. The van der Waals surface area contributed by atoms with Crippen molar-refractivity contribution < 1.29 is 28.0 Å². The summed E-state index contributed by atoms with van der Waals surface area (Å²) in [6, 6.07) is -0.292. The lowest BCUT2D eigenvalue weighted by Crippen LogP contribution is -2.51. The lowest BCUT2D eigenvalue weighted by Gasteiger charge is -2.30. The molecular weight excluding hydrogens is 363 g/mol. The van der Waals surface area contributed by atoms with Crippen molar-refractivity contribution in [1.29, 1.82) is 0 Å². The predicted octanol–water partition coefficient (Wildman–Crippen LogP) is -2.81. The smallest absolute Gasteiger partial charge is 0.451 e. The molecule has 3 fully saturated rings. The molecule has 26 heavy (non-hydrogen) atoms. The largest absolute Gasteiger partial charge is 0.464 e. The molecule has 0 aromatic carbocycles. The lowest BCUT2D eigenvalue weighted by molar-refractivity contribution is -0.136. The molecule has 3 aliphatic rings. The first-order valence-electron chi connectivity index (χ1n) is 8.98. The fourth-order valence-electron chi connectivity index (χ4n) is 4.26. The van der Waals surface area contributed by atoms with Crippen molar-refractivity contribution in [2.75, 3.05) is 26.2 Å². The maximum Gasteiger partial charge on any atom is 0.451 e. The summed E-state index contributed by atoms with van der Waals surface area (Å²) in [5.74, 6) is -0.0967. The highest BCUT2D eigenvalue weighted by molar-refractivity contribution is 7.86. The Balaban J connectivity index is 1.69. The molecule has 0 spiro atoms. The molecule has 2 heterocycles. The zero-order valence-electron chi connectivity index (χ0n) is 14.8. The number of carbonyl (C=O) groups excluding carboxylic acids is 1. The van der Waals surface area contributed by atoms with E-state index in [2.05, 4.69) is 5.32 Å². The zero-order chi connectivity index (χ0) is 19.1. The normalized spacial score (nSPS) is 36.4. The minimum Gasteiger partial charge on any atom is -0.464 e. The molecule has 10 nitrogen and oxygen atoms in total. The van der Waals surface area contributed by atoms with Crippen LogP contribution < -0.4 is 11.1 Å². The van der Waals surface area contributed by atoms with Gasteiger partial charge in [0.05, 0.1) is 0 Å². The summed E-state index contributed by atoms with van der Waals surface area (Å²) in [5, 5.41) is 21.4. The Hall–Kier alpha value is -0.755. The van der Waals surface area contributed by atoms with Crippen molar-refractivity contribution in [1.82, 2.24) is 13.9 Å². The van der Waals surface area contributed by atoms with Gasteiger partial charge in [-0.05, 0) is 18.7 Å². The zero-order valence-corrected chi connectivity index (χ0v) is 15.6. The standard InChI is InChI=1S/C14H27BN4O6S/c1-9-13-14(9)19(5-4-17-13)26(23,24)18-6-10(11(16)7-18)12(25-8-20)2-3-15(21)22/h8-14,17,21-22H,2-7,16H2,1H3/t9-,10-,11-,12?,13?,14?/m0/s1. The molecule has 1 saturated carbocycles. The average molecular weight is 390 g/mol.